The van der Waals surface area contributed by atoms with E-state index in [4.69, 9.17) is 9.47 Å². The van der Waals surface area contributed by atoms with Gasteiger partial charge in [0.2, 0.25) is 0 Å². The van der Waals surface area contributed by atoms with Gasteiger partial charge in [0.05, 0.1) is 7.11 Å². The number of nitrogens with zero attached hydrogens (tertiary/aromatic N) is 1. The third-order valence-corrected chi connectivity index (χ3v) is 5.12. The molecule has 0 spiro atoms. The van der Waals surface area contributed by atoms with Gasteiger partial charge in [0, 0.05) is 22.2 Å². The van der Waals surface area contributed by atoms with Crippen LogP contribution in [0.25, 0.3) is 22.0 Å². The van der Waals surface area contributed by atoms with Crippen LogP contribution in [-0.2, 0) is 22.7 Å². The standard InChI is InChI=1S/C25H23NO3/c1-18-25(22-13-6-7-14-23(22)26(18)16-24(27)28-2)20-11-8-12-21(15-20)29-17-19-9-4-3-5-10-19/h3-15H,16-17H2,1-2H3. The molecule has 3 aromatic carbocycles. The Balaban J connectivity index is 1.71. The lowest BCUT2D eigenvalue weighted by Gasteiger charge is -2.10. The summed E-state index contributed by atoms with van der Waals surface area (Å²) in [6.45, 7) is 2.75. The SMILES string of the molecule is COC(=O)Cn1c(C)c(-c2cccc(OCc3ccccc3)c2)c2ccccc21. The first kappa shape index (κ1) is 18.8. The van der Waals surface area contributed by atoms with Crippen molar-refractivity contribution in [3.05, 3.63) is 90.1 Å². The van der Waals surface area contributed by atoms with Gasteiger partial charge in [0.1, 0.15) is 18.9 Å². The van der Waals surface area contributed by atoms with Gasteiger partial charge in [-0.15, -0.1) is 0 Å². The Morgan fingerprint density at radius 3 is 2.48 bits per heavy atom. The van der Waals surface area contributed by atoms with Crippen molar-refractivity contribution in [1.82, 2.24) is 4.57 Å². The Morgan fingerprint density at radius 1 is 0.931 bits per heavy atom. The minimum atomic E-state index is -0.264. The van der Waals surface area contributed by atoms with Crippen molar-refractivity contribution < 1.29 is 14.3 Å². The summed E-state index contributed by atoms with van der Waals surface area (Å²) in [5.41, 5.74) is 5.34. The summed E-state index contributed by atoms with van der Waals surface area (Å²) in [4.78, 5) is 11.9. The summed E-state index contributed by atoms with van der Waals surface area (Å²) in [7, 11) is 1.41. The number of esters is 1. The Hall–Kier alpha value is -3.53. The van der Waals surface area contributed by atoms with Gasteiger partial charge < -0.3 is 14.0 Å². The van der Waals surface area contributed by atoms with E-state index in [-0.39, 0.29) is 12.5 Å². The number of para-hydroxylation sites is 1. The van der Waals surface area contributed by atoms with Crippen LogP contribution in [-0.4, -0.2) is 17.6 Å². The van der Waals surface area contributed by atoms with Crippen LogP contribution < -0.4 is 4.74 Å². The first-order valence-electron chi connectivity index (χ1n) is 9.59. The fourth-order valence-corrected chi connectivity index (χ4v) is 3.68. The van der Waals surface area contributed by atoms with Crippen LogP contribution in [0.2, 0.25) is 0 Å². The molecule has 4 aromatic rings. The number of aromatic nitrogens is 1. The summed E-state index contributed by atoms with van der Waals surface area (Å²) in [5.74, 6) is 0.552. The molecule has 0 radical (unpaired) electrons. The molecule has 0 saturated carbocycles. The maximum absolute atomic E-state index is 11.9. The van der Waals surface area contributed by atoms with E-state index >= 15 is 0 Å². The molecule has 0 amide bonds. The third kappa shape index (κ3) is 3.87. The largest absolute Gasteiger partial charge is 0.489 e. The average Bonchev–Trinajstić information content (AvgIpc) is 3.04. The first-order valence-corrected chi connectivity index (χ1v) is 9.59. The predicted molar refractivity (Wildman–Crippen MR) is 115 cm³/mol. The molecule has 0 unspecified atom stereocenters. The van der Waals surface area contributed by atoms with Crippen LogP contribution in [0.15, 0.2) is 78.9 Å². The predicted octanol–water partition coefficient (Wildman–Crippen LogP) is 5.37. The molecule has 29 heavy (non-hydrogen) atoms. The molecule has 1 aromatic heterocycles. The summed E-state index contributed by atoms with van der Waals surface area (Å²) >= 11 is 0. The molecule has 0 aliphatic rings. The van der Waals surface area contributed by atoms with Crippen LogP contribution >= 0.6 is 0 Å². The maximum atomic E-state index is 11.9. The summed E-state index contributed by atoms with van der Waals surface area (Å²) in [5, 5.41) is 1.11. The average molecular weight is 385 g/mol. The van der Waals surface area contributed by atoms with E-state index in [0.717, 1.165) is 39.0 Å². The monoisotopic (exact) mass is 385 g/mol. The topological polar surface area (TPSA) is 40.5 Å². The van der Waals surface area contributed by atoms with Crippen molar-refractivity contribution in [2.45, 2.75) is 20.1 Å². The molecule has 146 valence electrons. The van der Waals surface area contributed by atoms with Crippen molar-refractivity contribution in [1.29, 1.82) is 0 Å². The minimum Gasteiger partial charge on any atom is -0.489 e. The number of carbonyl (C=O) groups is 1. The van der Waals surface area contributed by atoms with Gasteiger partial charge in [0.25, 0.3) is 0 Å². The summed E-state index contributed by atoms with van der Waals surface area (Å²) in [6.07, 6.45) is 0. The van der Waals surface area contributed by atoms with Gasteiger partial charge in [-0.05, 0) is 36.2 Å². The number of hydrogen-bond acceptors (Lipinski definition) is 3. The molecule has 0 atom stereocenters. The zero-order valence-electron chi connectivity index (χ0n) is 16.6. The third-order valence-electron chi connectivity index (χ3n) is 5.12. The molecular weight excluding hydrogens is 362 g/mol. The van der Waals surface area contributed by atoms with Gasteiger partial charge in [-0.1, -0.05) is 60.7 Å². The van der Waals surface area contributed by atoms with Crippen molar-refractivity contribution in [3.63, 3.8) is 0 Å². The van der Waals surface area contributed by atoms with Crippen LogP contribution in [0.3, 0.4) is 0 Å². The Kier molecular flexibility index (Phi) is 5.34. The van der Waals surface area contributed by atoms with Gasteiger partial charge >= 0.3 is 5.97 Å². The summed E-state index contributed by atoms with van der Waals surface area (Å²) in [6, 6.07) is 26.3. The van der Waals surface area contributed by atoms with Gasteiger partial charge in [0.15, 0.2) is 0 Å². The summed E-state index contributed by atoms with van der Waals surface area (Å²) < 4.78 is 12.9. The van der Waals surface area contributed by atoms with Crippen molar-refractivity contribution in [2.75, 3.05) is 7.11 Å². The molecule has 0 saturated heterocycles. The van der Waals surface area contributed by atoms with Gasteiger partial charge in [-0.25, -0.2) is 0 Å². The Morgan fingerprint density at radius 2 is 1.69 bits per heavy atom. The Bertz CT molecular complexity index is 1150. The highest BCUT2D eigenvalue weighted by Gasteiger charge is 2.17. The number of rotatable bonds is 6. The van der Waals surface area contributed by atoms with E-state index in [9.17, 15) is 4.79 Å². The number of hydrogen-bond donors (Lipinski definition) is 0. The second-order valence-corrected chi connectivity index (χ2v) is 6.94. The highest BCUT2D eigenvalue weighted by Crippen LogP contribution is 2.36. The highest BCUT2D eigenvalue weighted by atomic mass is 16.5. The highest BCUT2D eigenvalue weighted by molar-refractivity contribution is 5.98. The zero-order chi connectivity index (χ0) is 20.2. The fourth-order valence-electron chi connectivity index (χ4n) is 3.68. The molecule has 0 bridgehead atoms. The first-order chi connectivity index (χ1) is 14.2. The van der Waals surface area contributed by atoms with E-state index < -0.39 is 0 Å². The number of fused-ring (bicyclic) bond motifs is 1. The Labute approximate surface area is 170 Å². The number of ether oxygens (including phenoxy) is 2. The van der Waals surface area contributed by atoms with Gasteiger partial charge in [-0.3, -0.25) is 4.79 Å². The fraction of sp³-hybridized carbons (Fsp3) is 0.160. The quantitative estimate of drug-likeness (QED) is 0.419. The molecular formula is C25H23NO3. The van der Waals surface area contributed by atoms with E-state index in [2.05, 4.69) is 30.3 Å². The van der Waals surface area contributed by atoms with E-state index in [0.29, 0.717) is 6.61 Å². The molecule has 4 heteroatoms. The normalized spacial score (nSPS) is 10.8. The van der Waals surface area contributed by atoms with Crippen molar-refractivity contribution in [2.24, 2.45) is 0 Å². The molecule has 0 aliphatic heterocycles. The van der Waals surface area contributed by atoms with Crippen LogP contribution in [0, 0.1) is 6.92 Å². The van der Waals surface area contributed by atoms with E-state index in [1.165, 1.54) is 7.11 Å². The molecule has 4 rings (SSSR count). The second kappa shape index (κ2) is 8.23. The number of carbonyl (C=O) groups excluding carboxylic acids is 1. The second-order valence-electron chi connectivity index (χ2n) is 6.94. The van der Waals surface area contributed by atoms with Crippen LogP contribution in [0.4, 0.5) is 0 Å². The molecule has 0 fully saturated rings. The van der Waals surface area contributed by atoms with E-state index in [1.807, 2.05) is 60.0 Å². The lowest BCUT2D eigenvalue weighted by atomic mass is 10.0. The van der Waals surface area contributed by atoms with Gasteiger partial charge in [-0.2, -0.15) is 0 Å². The van der Waals surface area contributed by atoms with Crippen molar-refractivity contribution >= 4 is 16.9 Å². The van der Waals surface area contributed by atoms with Crippen LogP contribution in [0.1, 0.15) is 11.3 Å². The van der Waals surface area contributed by atoms with Crippen molar-refractivity contribution in [3.8, 4) is 16.9 Å². The molecule has 1 heterocycles. The minimum absolute atomic E-state index is 0.188. The lowest BCUT2D eigenvalue weighted by Crippen LogP contribution is -2.12. The number of benzene rings is 3. The molecule has 4 nitrogen and oxygen atoms in total. The molecule has 0 aliphatic carbocycles. The molecule has 0 N–H and O–H groups in total. The van der Waals surface area contributed by atoms with Crippen LogP contribution in [0.5, 0.6) is 5.75 Å². The number of methoxy groups -OCH3 is 1. The lowest BCUT2D eigenvalue weighted by molar-refractivity contribution is -0.141. The smallest absolute Gasteiger partial charge is 0.325 e. The van der Waals surface area contributed by atoms with E-state index in [1.54, 1.807) is 0 Å². The zero-order valence-corrected chi connectivity index (χ0v) is 16.6. The maximum Gasteiger partial charge on any atom is 0.325 e.